The molecule has 5 rings (SSSR count). The van der Waals surface area contributed by atoms with Crippen molar-refractivity contribution in [1.29, 1.82) is 5.26 Å². The van der Waals surface area contributed by atoms with Gasteiger partial charge in [-0.15, -0.1) is 11.8 Å². The number of hydrogen-bond donors (Lipinski definition) is 4. The number of amides is 2. The molecule has 4 N–H and O–H groups in total. The third-order valence-corrected chi connectivity index (χ3v) is 9.65. The van der Waals surface area contributed by atoms with Crippen molar-refractivity contribution in [1.82, 2.24) is 9.80 Å². The first kappa shape index (κ1) is 29.3. The lowest BCUT2D eigenvalue weighted by Gasteiger charge is -2.46. The standard InChI is InChI=1S/C30H30N4O7S/c1-15-24-23(16(2)35)28(37)34(24)25(30(40)41)26(15)42-21-11-22(27(36)32-20-9-5-8-17(10-20)29(38)39)33(14-21)13-19-7-4-3-6-18(19)12-31/h3-10,15-16,21-24,35H,11,13-14H2,1-2H3,(H,32,36)(H,38,39)(H,40,41)/t15-,16-,21+,22+,23-,24-/m1/s1. The molecule has 3 aliphatic rings. The van der Waals surface area contributed by atoms with E-state index in [0.29, 0.717) is 35.7 Å². The summed E-state index contributed by atoms with van der Waals surface area (Å²) in [7, 11) is 0. The number of aliphatic carboxylic acids is 1. The Hall–Kier alpha value is -4.18. The maximum Gasteiger partial charge on any atom is 0.353 e. The van der Waals surface area contributed by atoms with E-state index in [-0.39, 0.29) is 28.3 Å². The van der Waals surface area contributed by atoms with Crippen LogP contribution in [0.1, 0.15) is 41.8 Å². The van der Waals surface area contributed by atoms with E-state index in [4.69, 9.17) is 0 Å². The van der Waals surface area contributed by atoms with E-state index in [1.165, 1.54) is 35.7 Å². The van der Waals surface area contributed by atoms with Crippen LogP contribution in [0.5, 0.6) is 0 Å². The van der Waals surface area contributed by atoms with Gasteiger partial charge < -0.3 is 25.5 Å². The Morgan fingerprint density at radius 1 is 1.14 bits per heavy atom. The van der Waals surface area contributed by atoms with Crippen LogP contribution >= 0.6 is 11.8 Å². The summed E-state index contributed by atoms with van der Waals surface area (Å²) in [5.74, 6) is -4.07. The summed E-state index contributed by atoms with van der Waals surface area (Å²) in [5.41, 5.74) is 1.52. The average Bonchev–Trinajstić information content (AvgIpc) is 3.45. The second kappa shape index (κ2) is 11.6. The highest BCUT2D eigenvalue weighted by atomic mass is 32.2. The SMILES string of the molecule is C[C@@H](O)[C@H]1C(=O)N2C(C(=O)O)=C(S[C@H]3C[C@@H](C(=O)Nc4cccc(C(=O)O)c4)N(Cc4ccccc4C#N)C3)[C@H](C)[C@H]12. The number of β-lactam (4-membered cyclic amide) rings is 1. The fourth-order valence-corrected chi connectivity index (χ4v) is 7.75. The van der Waals surface area contributed by atoms with E-state index >= 15 is 0 Å². The van der Waals surface area contributed by atoms with Crippen molar-refractivity contribution < 1.29 is 34.5 Å². The zero-order valence-electron chi connectivity index (χ0n) is 22.9. The van der Waals surface area contributed by atoms with Gasteiger partial charge in [0.15, 0.2) is 0 Å². The van der Waals surface area contributed by atoms with Crippen molar-refractivity contribution in [2.75, 3.05) is 11.9 Å². The van der Waals surface area contributed by atoms with Crippen molar-refractivity contribution in [3.05, 3.63) is 75.8 Å². The number of benzene rings is 2. The van der Waals surface area contributed by atoms with Gasteiger partial charge in [0.05, 0.1) is 41.3 Å². The second-order valence-corrected chi connectivity index (χ2v) is 12.2. The molecule has 11 nitrogen and oxygen atoms in total. The molecule has 2 amide bonds. The third-order valence-electron chi connectivity index (χ3n) is 8.16. The van der Waals surface area contributed by atoms with Gasteiger partial charge in [-0.2, -0.15) is 5.26 Å². The quantitative estimate of drug-likeness (QED) is 0.318. The molecule has 0 saturated carbocycles. The number of thioether (sulfide) groups is 1. The normalized spacial score (nSPS) is 25.9. The van der Waals surface area contributed by atoms with Crippen molar-refractivity contribution in [3.63, 3.8) is 0 Å². The number of nitrogens with one attached hydrogen (secondary N) is 1. The van der Waals surface area contributed by atoms with E-state index in [2.05, 4.69) is 11.4 Å². The smallest absolute Gasteiger partial charge is 0.353 e. The molecule has 0 radical (unpaired) electrons. The van der Waals surface area contributed by atoms with Gasteiger partial charge in [0.2, 0.25) is 11.8 Å². The first-order valence-corrected chi connectivity index (χ1v) is 14.4. The molecule has 0 aliphatic carbocycles. The van der Waals surface area contributed by atoms with Gasteiger partial charge in [0, 0.05) is 34.8 Å². The first-order valence-electron chi connectivity index (χ1n) is 13.5. The average molecular weight is 591 g/mol. The number of carbonyl (C=O) groups is 4. The van der Waals surface area contributed by atoms with Crippen LogP contribution in [0.25, 0.3) is 0 Å². The summed E-state index contributed by atoms with van der Waals surface area (Å²) in [5, 5.41) is 41.7. The molecular formula is C30H30N4O7S. The molecule has 3 heterocycles. The van der Waals surface area contributed by atoms with Crippen LogP contribution < -0.4 is 5.32 Å². The minimum absolute atomic E-state index is 0.0329. The van der Waals surface area contributed by atoms with Crippen LogP contribution in [0.15, 0.2) is 59.1 Å². The van der Waals surface area contributed by atoms with Crippen LogP contribution in [0, 0.1) is 23.2 Å². The Kier molecular flexibility index (Phi) is 8.10. The van der Waals surface area contributed by atoms with Gasteiger partial charge in [-0.1, -0.05) is 31.2 Å². The van der Waals surface area contributed by atoms with Gasteiger partial charge in [-0.05, 0) is 43.2 Å². The number of aromatic carboxylic acids is 1. The Morgan fingerprint density at radius 2 is 1.88 bits per heavy atom. The van der Waals surface area contributed by atoms with Gasteiger partial charge in [0.25, 0.3) is 0 Å². The topological polar surface area (TPSA) is 171 Å². The highest BCUT2D eigenvalue weighted by molar-refractivity contribution is 8.03. The predicted octanol–water partition coefficient (Wildman–Crippen LogP) is 2.72. The zero-order valence-corrected chi connectivity index (χ0v) is 23.7. The number of fused-ring (bicyclic) bond motifs is 1. The number of aliphatic hydroxyl groups excluding tert-OH is 1. The lowest BCUT2D eigenvalue weighted by molar-refractivity contribution is -0.163. The molecule has 12 heteroatoms. The van der Waals surface area contributed by atoms with Gasteiger partial charge in [0.1, 0.15) is 5.70 Å². The number of carboxylic acids is 2. The Morgan fingerprint density at radius 3 is 2.55 bits per heavy atom. The molecule has 2 saturated heterocycles. The maximum absolute atomic E-state index is 13.6. The van der Waals surface area contributed by atoms with Gasteiger partial charge in [-0.25, -0.2) is 9.59 Å². The monoisotopic (exact) mass is 590 g/mol. The van der Waals surface area contributed by atoms with Gasteiger partial charge in [-0.3, -0.25) is 14.5 Å². The summed E-state index contributed by atoms with van der Waals surface area (Å²) in [6.07, 6.45) is -0.554. The highest BCUT2D eigenvalue weighted by Crippen LogP contribution is 2.52. The molecule has 0 aromatic heterocycles. The predicted molar refractivity (Wildman–Crippen MR) is 153 cm³/mol. The third kappa shape index (κ3) is 5.27. The van der Waals surface area contributed by atoms with Crippen molar-refractivity contribution in [2.45, 2.75) is 50.3 Å². The van der Waals surface area contributed by atoms with Crippen molar-refractivity contribution in [3.8, 4) is 6.07 Å². The summed E-state index contributed by atoms with van der Waals surface area (Å²) < 4.78 is 0. The summed E-state index contributed by atoms with van der Waals surface area (Å²) in [4.78, 5) is 53.8. The van der Waals surface area contributed by atoms with E-state index in [0.717, 1.165) is 5.56 Å². The fraction of sp³-hybridized carbons (Fsp3) is 0.367. The number of carboxylic acid groups (broad SMARTS) is 2. The number of aliphatic hydroxyl groups is 1. The van der Waals surface area contributed by atoms with Crippen molar-refractivity contribution in [2.24, 2.45) is 11.8 Å². The van der Waals surface area contributed by atoms with Crippen LogP contribution in [0.3, 0.4) is 0 Å². The Bertz CT molecular complexity index is 1530. The Labute approximate surface area is 246 Å². The van der Waals surface area contributed by atoms with Crippen LogP contribution in [0.4, 0.5) is 5.69 Å². The molecule has 3 aliphatic heterocycles. The minimum atomic E-state index is -1.21. The largest absolute Gasteiger partial charge is 0.478 e. The summed E-state index contributed by atoms with van der Waals surface area (Å²) >= 11 is 1.34. The first-order chi connectivity index (χ1) is 20.0. The fourth-order valence-electron chi connectivity index (χ4n) is 6.19. The number of nitriles is 1. The van der Waals surface area contributed by atoms with E-state index < -0.39 is 42.0 Å². The number of carbonyl (C=O) groups excluding carboxylic acids is 2. The molecule has 6 atom stereocenters. The lowest BCUT2D eigenvalue weighted by Crippen LogP contribution is -2.63. The number of likely N-dealkylation sites (tertiary alicyclic amines) is 1. The van der Waals surface area contributed by atoms with Crippen LogP contribution in [-0.2, 0) is 20.9 Å². The maximum atomic E-state index is 13.6. The molecule has 42 heavy (non-hydrogen) atoms. The number of anilines is 1. The number of hydrogen-bond acceptors (Lipinski definition) is 8. The minimum Gasteiger partial charge on any atom is -0.478 e. The molecule has 0 bridgehead atoms. The molecule has 2 fully saturated rings. The Balaban J connectivity index is 1.41. The van der Waals surface area contributed by atoms with E-state index in [9.17, 15) is 39.8 Å². The molecular weight excluding hydrogens is 560 g/mol. The molecule has 0 spiro atoms. The van der Waals surface area contributed by atoms with E-state index in [1.807, 2.05) is 24.0 Å². The summed E-state index contributed by atoms with van der Waals surface area (Å²) in [6, 6.07) is 14.1. The number of rotatable bonds is 9. The van der Waals surface area contributed by atoms with Crippen LogP contribution in [0.2, 0.25) is 0 Å². The van der Waals surface area contributed by atoms with E-state index in [1.54, 1.807) is 24.3 Å². The molecule has 2 aromatic carbocycles. The lowest BCUT2D eigenvalue weighted by atomic mass is 9.79. The van der Waals surface area contributed by atoms with Gasteiger partial charge >= 0.3 is 11.9 Å². The zero-order chi connectivity index (χ0) is 30.3. The van der Waals surface area contributed by atoms with Crippen LogP contribution in [-0.4, -0.2) is 78.9 Å². The molecule has 0 unspecified atom stereocenters. The van der Waals surface area contributed by atoms with Crippen molar-refractivity contribution >= 4 is 41.2 Å². The summed E-state index contributed by atoms with van der Waals surface area (Å²) in [6.45, 7) is 4.08. The molecule has 218 valence electrons. The second-order valence-electron chi connectivity index (χ2n) is 10.8. The number of nitrogens with zero attached hydrogens (tertiary/aromatic N) is 3. The highest BCUT2D eigenvalue weighted by Gasteiger charge is 2.60. The molecule has 2 aromatic rings.